The average molecular weight is 434 g/mol. The van der Waals surface area contributed by atoms with Crippen molar-refractivity contribution in [1.29, 1.82) is 0 Å². The molecule has 0 atom stereocenters. The molecule has 2 heterocycles. The van der Waals surface area contributed by atoms with Crippen molar-refractivity contribution in [2.24, 2.45) is 0 Å². The van der Waals surface area contributed by atoms with Crippen LogP contribution in [-0.4, -0.2) is 42.5 Å². The molecular weight excluding hydrogens is 406 g/mol. The molecule has 1 aromatic heterocycles. The third-order valence-electron chi connectivity index (χ3n) is 5.66. The van der Waals surface area contributed by atoms with E-state index in [0.29, 0.717) is 24.6 Å². The number of sulfonamides is 1. The second-order valence-corrected chi connectivity index (χ2v) is 10.7. The van der Waals surface area contributed by atoms with Crippen LogP contribution in [0.25, 0.3) is 11.3 Å². The number of hydrogen-bond acceptors (Lipinski definition) is 5. The van der Waals surface area contributed by atoms with Gasteiger partial charge < -0.3 is 5.32 Å². The highest BCUT2D eigenvalue weighted by molar-refractivity contribution is 7.89. The minimum Gasteiger partial charge on any atom is -0.302 e. The lowest BCUT2D eigenvalue weighted by Crippen LogP contribution is -2.30. The molecule has 2 aliphatic rings. The Morgan fingerprint density at radius 3 is 2.66 bits per heavy atom. The van der Waals surface area contributed by atoms with Gasteiger partial charge in [0.15, 0.2) is 5.13 Å². The minimum atomic E-state index is -3.23. The zero-order valence-electron chi connectivity index (χ0n) is 16.5. The summed E-state index contributed by atoms with van der Waals surface area (Å²) in [5.74, 6) is -0.161. The summed E-state index contributed by atoms with van der Waals surface area (Å²) in [6, 6.07) is 6.52. The number of hydrogen-bond donors (Lipinski definition) is 1. The van der Waals surface area contributed by atoms with Gasteiger partial charge in [0.2, 0.25) is 15.9 Å². The summed E-state index contributed by atoms with van der Waals surface area (Å²) in [5, 5.41) is 5.33. The van der Waals surface area contributed by atoms with E-state index in [2.05, 4.69) is 28.5 Å². The van der Waals surface area contributed by atoms with Gasteiger partial charge in [-0.15, -0.1) is 11.3 Å². The molecule has 29 heavy (non-hydrogen) atoms. The molecule has 4 rings (SSSR count). The summed E-state index contributed by atoms with van der Waals surface area (Å²) in [7, 11) is -3.23. The molecule has 1 fully saturated rings. The van der Waals surface area contributed by atoms with E-state index in [1.54, 1.807) is 0 Å². The molecule has 2 aromatic rings. The van der Waals surface area contributed by atoms with Gasteiger partial charge >= 0.3 is 0 Å². The van der Waals surface area contributed by atoms with Crippen molar-refractivity contribution in [3.8, 4) is 11.3 Å². The average Bonchev–Trinajstić information content (AvgIpc) is 3.40. The molecule has 0 spiro atoms. The van der Waals surface area contributed by atoms with Crippen LogP contribution in [0.2, 0.25) is 0 Å². The number of carbonyl (C=O) groups excluding carboxylic acids is 1. The first-order valence-electron chi connectivity index (χ1n) is 10.4. The molecule has 6 nitrogen and oxygen atoms in total. The van der Waals surface area contributed by atoms with Gasteiger partial charge in [-0.25, -0.2) is 17.7 Å². The molecule has 1 aromatic carbocycles. The first-order chi connectivity index (χ1) is 14.0. The number of aryl methyl sites for hydroxylation is 2. The fourth-order valence-corrected chi connectivity index (χ4v) is 6.37. The topological polar surface area (TPSA) is 79.4 Å². The Labute approximate surface area is 176 Å². The summed E-state index contributed by atoms with van der Waals surface area (Å²) >= 11 is 1.40. The number of rotatable bonds is 7. The molecule has 1 saturated heterocycles. The van der Waals surface area contributed by atoms with Gasteiger partial charge in [-0.3, -0.25) is 4.79 Å². The van der Waals surface area contributed by atoms with E-state index in [4.69, 9.17) is 0 Å². The second-order valence-electron chi connectivity index (χ2n) is 7.80. The lowest BCUT2D eigenvalue weighted by Gasteiger charge is -2.16. The quantitative estimate of drug-likeness (QED) is 0.720. The number of benzene rings is 1. The first-order valence-corrected chi connectivity index (χ1v) is 12.9. The molecule has 8 heteroatoms. The molecule has 1 aliphatic heterocycles. The van der Waals surface area contributed by atoms with Crippen LogP contribution in [0.4, 0.5) is 5.13 Å². The van der Waals surface area contributed by atoms with Gasteiger partial charge in [-0.2, -0.15) is 0 Å². The van der Waals surface area contributed by atoms with Crippen molar-refractivity contribution in [2.45, 2.75) is 51.4 Å². The summed E-state index contributed by atoms with van der Waals surface area (Å²) in [5.41, 5.74) is 4.80. The number of thiazole rings is 1. The number of anilines is 1. The monoisotopic (exact) mass is 433 g/mol. The zero-order chi connectivity index (χ0) is 20.3. The maximum absolute atomic E-state index is 12.2. The Kier molecular flexibility index (Phi) is 6.32. The fourth-order valence-electron chi connectivity index (χ4n) is 4.05. The Morgan fingerprint density at radius 2 is 1.86 bits per heavy atom. The maximum atomic E-state index is 12.2. The Hall–Kier alpha value is -1.77. The van der Waals surface area contributed by atoms with Gasteiger partial charge in [0.25, 0.3) is 0 Å². The molecule has 1 amide bonds. The van der Waals surface area contributed by atoms with Crippen LogP contribution < -0.4 is 5.32 Å². The predicted molar refractivity (Wildman–Crippen MR) is 117 cm³/mol. The van der Waals surface area contributed by atoms with Crippen LogP contribution in [-0.2, 0) is 27.7 Å². The number of fused-ring (bicyclic) bond motifs is 1. The first kappa shape index (κ1) is 20.5. The zero-order valence-corrected chi connectivity index (χ0v) is 18.2. The molecule has 0 unspecified atom stereocenters. The van der Waals surface area contributed by atoms with Gasteiger partial charge in [-0.1, -0.05) is 12.1 Å². The number of nitrogens with zero attached hydrogens (tertiary/aromatic N) is 2. The van der Waals surface area contributed by atoms with Crippen molar-refractivity contribution < 1.29 is 13.2 Å². The van der Waals surface area contributed by atoms with E-state index in [1.807, 2.05) is 5.38 Å². The number of amides is 1. The van der Waals surface area contributed by atoms with Crippen molar-refractivity contribution >= 4 is 32.4 Å². The van der Waals surface area contributed by atoms with Gasteiger partial charge in [0.05, 0.1) is 11.4 Å². The smallest absolute Gasteiger partial charge is 0.226 e. The predicted octanol–water partition coefficient (Wildman–Crippen LogP) is 3.83. The van der Waals surface area contributed by atoms with Crippen LogP contribution in [0.15, 0.2) is 23.6 Å². The Balaban J connectivity index is 1.30. The standard InChI is InChI=1S/C21H27N3O3S2/c25-20(8-5-13-29(26,27)24-11-3-4-12-24)23-21-22-19(15-28-21)18-10-9-16-6-1-2-7-17(16)14-18/h9-10,14-15H,1-8,11-13H2,(H,22,23,25). The summed E-state index contributed by atoms with van der Waals surface area (Å²) in [6.45, 7) is 1.22. The lowest BCUT2D eigenvalue weighted by atomic mass is 9.90. The van der Waals surface area contributed by atoms with E-state index in [9.17, 15) is 13.2 Å². The number of aromatic nitrogens is 1. The summed E-state index contributed by atoms with van der Waals surface area (Å²) in [6.07, 6.45) is 7.14. The molecule has 0 saturated carbocycles. The van der Waals surface area contributed by atoms with Crippen molar-refractivity contribution in [3.05, 3.63) is 34.7 Å². The lowest BCUT2D eigenvalue weighted by molar-refractivity contribution is -0.116. The highest BCUT2D eigenvalue weighted by Crippen LogP contribution is 2.29. The van der Waals surface area contributed by atoms with Crippen LogP contribution >= 0.6 is 11.3 Å². The second kappa shape index (κ2) is 8.93. The van der Waals surface area contributed by atoms with E-state index in [0.717, 1.165) is 36.9 Å². The van der Waals surface area contributed by atoms with E-state index in [1.165, 1.54) is 39.6 Å². The highest BCUT2D eigenvalue weighted by Gasteiger charge is 2.25. The summed E-state index contributed by atoms with van der Waals surface area (Å²) in [4.78, 5) is 16.8. The van der Waals surface area contributed by atoms with Crippen LogP contribution in [0.5, 0.6) is 0 Å². The fraction of sp³-hybridized carbons (Fsp3) is 0.524. The molecule has 156 valence electrons. The van der Waals surface area contributed by atoms with Crippen molar-refractivity contribution in [2.75, 3.05) is 24.2 Å². The van der Waals surface area contributed by atoms with Crippen molar-refractivity contribution in [1.82, 2.24) is 9.29 Å². The molecule has 1 N–H and O–H groups in total. The Morgan fingerprint density at radius 1 is 1.10 bits per heavy atom. The van der Waals surface area contributed by atoms with Gasteiger partial charge in [-0.05, 0) is 62.1 Å². The van der Waals surface area contributed by atoms with Crippen LogP contribution in [0.1, 0.15) is 49.7 Å². The molecule has 0 radical (unpaired) electrons. The number of nitrogens with one attached hydrogen (secondary N) is 1. The third-order valence-corrected chi connectivity index (χ3v) is 8.37. The molecular formula is C21H27N3O3S2. The summed E-state index contributed by atoms with van der Waals surface area (Å²) < 4.78 is 26.0. The van der Waals surface area contributed by atoms with Crippen LogP contribution in [0.3, 0.4) is 0 Å². The maximum Gasteiger partial charge on any atom is 0.226 e. The Bertz CT molecular complexity index is 979. The van der Waals surface area contributed by atoms with Crippen molar-refractivity contribution in [3.63, 3.8) is 0 Å². The molecule has 1 aliphatic carbocycles. The number of carbonyl (C=O) groups is 1. The van der Waals surface area contributed by atoms with E-state index in [-0.39, 0.29) is 18.1 Å². The van der Waals surface area contributed by atoms with E-state index < -0.39 is 10.0 Å². The SMILES string of the molecule is O=C(CCCS(=O)(=O)N1CCCC1)Nc1nc(-c2ccc3c(c2)CCCC3)cs1. The highest BCUT2D eigenvalue weighted by atomic mass is 32.2. The minimum absolute atomic E-state index is 0.0265. The normalized spacial score (nSPS) is 17.2. The van der Waals surface area contributed by atoms with Gasteiger partial charge in [0, 0.05) is 30.5 Å². The third kappa shape index (κ3) is 5.05. The van der Waals surface area contributed by atoms with Gasteiger partial charge in [0.1, 0.15) is 0 Å². The van der Waals surface area contributed by atoms with E-state index >= 15 is 0 Å². The van der Waals surface area contributed by atoms with Crippen LogP contribution in [0, 0.1) is 0 Å². The largest absolute Gasteiger partial charge is 0.302 e. The molecule has 0 bridgehead atoms.